The Balaban J connectivity index is 2.02. The summed E-state index contributed by atoms with van der Waals surface area (Å²) in [4.78, 5) is 0. The first-order valence-electron chi connectivity index (χ1n) is 5.94. The Hall–Kier alpha value is -0.770. The van der Waals surface area contributed by atoms with E-state index >= 15 is 0 Å². The van der Waals surface area contributed by atoms with E-state index in [0.29, 0.717) is 24.8 Å². The highest BCUT2D eigenvalue weighted by atomic mass is 35.5. The van der Waals surface area contributed by atoms with Crippen LogP contribution in [0.3, 0.4) is 0 Å². The van der Waals surface area contributed by atoms with E-state index in [1.807, 2.05) is 24.3 Å². The molecule has 1 atom stereocenters. The van der Waals surface area contributed by atoms with Gasteiger partial charge in [0.1, 0.15) is 5.75 Å². The van der Waals surface area contributed by atoms with Gasteiger partial charge in [-0.1, -0.05) is 18.5 Å². The fourth-order valence-corrected chi connectivity index (χ4v) is 1.36. The van der Waals surface area contributed by atoms with Crippen LogP contribution in [0.25, 0.3) is 0 Å². The summed E-state index contributed by atoms with van der Waals surface area (Å²) >= 11 is 5.77. The first-order chi connectivity index (χ1) is 8.22. The highest BCUT2D eigenvalue weighted by Crippen LogP contribution is 2.15. The average Bonchev–Trinajstić information content (AvgIpc) is 2.35. The zero-order valence-electron chi connectivity index (χ0n) is 10.2. The van der Waals surface area contributed by atoms with Crippen LogP contribution in [0.5, 0.6) is 5.75 Å². The smallest absolute Gasteiger partial charge is 0.119 e. The maximum absolute atomic E-state index is 5.77. The molecule has 0 saturated heterocycles. The van der Waals surface area contributed by atoms with Crippen LogP contribution in [0.1, 0.15) is 19.8 Å². The number of ether oxygens (including phenoxy) is 2. The molecule has 0 aliphatic rings. The predicted molar refractivity (Wildman–Crippen MR) is 70.6 cm³/mol. The van der Waals surface area contributed by atoms with Crippen molar-refractivity contribution in [1.29, 1.82) is 0 Å². The number of benzene rings is 1. The van der Waals surface area contributed by atoms with Gasteiger partial charge >= 0.3 is 0 Å². The number of rotatable bonds is 8. The molecule has 0 amide bonds. The van der Waals surface area contributed by atoms with Crippen LogP contribution >= 0.6 is 11.6 Å². The first-order valence-corrected chi connectivity index (χ1v) is 6.32. The maximum Gasteiger partial charge on any atom is 0.119 e. The van der Waals surface area contributed by atoms with Gasteiger partial charge in [0, 0.05) is 24.1 Å². The van der Waals surface area contributed by atoms with Gasteiger partial charge in [0.2, 0.25) is 0 Å². The fourth-order valence-electron chi connectivity index (χ4n) is 1.23. The Morgan fingerprint density at radius 1 is 1.24 bits per heavy atom. The van der Waals surface area contributed by atoms with Crippen molar-refractivity contribution in [3.63, 3.8) is 0 Å². The van der Waals surface area contributed by atoms with E-state index in [0.717, 1.165) is 18.6 Å². The summed E-state index contributed by atoms with van der Waals surface area (Å²) in [5, 5.41) is 0.717. The van der Waals surface area contributed by atoms with E-state index in [1.165, 1.54) is 0 Å². The van der Waals surface area contributed by atoms with Gasteiger partial charge in [-0.15, -0.1) is 0 Å². The van der Waals surface area contributed by atoms with Gasteiger partial charge in [0.25, 0.3) is 0 Å². The second-order valence-electron chi connectivity index (χ2n) is 3.90. The summed E-state index contributed by atoms with van der Waals surface area (Å²) in [7, 11) is 0. The zero-order chi connectivity index (χ0) is 12.5. The van der Waals surface area contributed by atoms with Crippen molar-refractivity contribution < 1.29 is 9.47 Å². The second-order valence-corrected chi connectivity index (χ2v) is 4.34. The van der Waals surface area contributed by atoms with Gasteiger partial charge in [-0.2, -0.15) is 0 Å². The summed E-state index contributed by atoms with van der Waals surface area (Å²) < 4.78 is 10.9. The maximum atomic E-state index is 5.77. The molecule has 96 valence electrons. The lowest BCUT2D eigenvalue weighted by atomic mass is 10.3. The third kappa shape index (κ3) is 6.51. The Kier molecular flexibility index (Phi) is 7.01. The monoisotopic (exact) mass is 257 g/mol. The number of hydrogen-bond acceptors (Lipinski definition) is 3. The topological polar surface area (TPSA) is 44.5 Å². The van der Waals surface area contributed by atoms with E-state index in [1.54, 1.807) is 0 Å². The molecule has 0 saturated carbocycles. The lowest BCUT2D eigenvalue weighted by molar-refractivity contribution is 0.107. The summed E-state index contributed by atoms with van der Waals surface area (Å²) in [6.45, 7) is 4.00. The van der Waals surface area contributed by atoms with Crippen molar-refractivity contribution in [3.8, 4) is 5.75 Å². The number of halogens is 1. The van der Waals surface area contributed by atoms with Gasteiger partial charge in [-0.3, -0.25) is 0 Å². The van der Waals surface area contributed by atoms with Crippen molar-refractivity contribution >= 4 is 11.6 Å². The van der Waals surface area contributed by atoms with Gasteiger partial charge in [0.15, 0.2) is 0 Å². The van der Waals surface area contributed by atoms with E-state index in [9.17, 15) is 0 Å². The van der Waals surface area contributed by atoms with Crippen LogP contribution in [0.15, 0.2) is 24.3 Å². The molecule has 0 aliphatic carbocycles. The van der Waals surface area contributed by atoms with Crippen molar-refractivity contribution in [2.75, 3.05) is 19.8 Å². The van der Waals surface area contributed by atoms with Crippen LogP contribution in [-0.2, 0) is 4.74 Å². The lowest BCUT2D eigenvalue weighted by Crippen LogP contribution is -2.25. The minimum atomic E-state index is 0.146. The third-order valence-corrected chi connectivity index (χ3v) is 2.62. The van der Waals surface area contributed by atoms with Gasteiger partial charge in [0.05, 0.1) is 13.2 Å². The molecular weight excluding hydrogens is 238 g/mol. The van der Waals surface area contributed by atoms with Gasteiger partial charge in [-0.25, -0.2) is 0 Å². The number of nitrogens with two attached hydrogens (primary N) is 1. The van der Waals surface area contributed by atoms with Crippen molar-refractivity contribution in [2.45, 2.75) is 25.8 Å². The SMILES string of the molecule is CCC(N)COCCCOc1ccc(Cl)cc1. The molecule has 2 N–H and O–H groups in total. The first kappa shape index (κ1) is 14.3. The summed E-state index contributed by atoms with van der Waals surface area (Å²) in [5.74, 6) is 0.833. The highest BCUT2D eigenvalue weighted by molar-refractivity contribution is 6.30. The van der Waals surface area contributed by atoms with Crippen LogP contribution < -0.4 is 10.5 Å². The van der Waals surface area contributed by atoms with E-state index in [2.05, 4.69) is 6.92 Å². The molecule has 0 aliphatic heterocycles. The molecule has 0 aromatic heterocycles. The molecule has 1 aromatic rings. The molecular formula is C13H20ClNO2. The molecule has 3 nitrogen and oxygen atoms in total. The Bertz CT molecular complexity index is 303. The van der Waals surface area contributed by atoms with Crippen LogP contribution in [0, 0.1) is 0 Å². The standard InChI is InChI=1S/C13H20ClNO2/c1-2-12(15)10-16-8-3-9-17-13-6-4-11(14)5-7-13/h4-7,12H,2-3,8-10,15H2,1H3. The summed E-state index contributed by atoms with van der Waals surface area (Å²) in [6.07, 6.45) is 1.81. The normalized spacial score (nSPS) is 12.4. The van der Waals surface area contributed by atoms with Gasteiger partial charge in [-0.05, 0) is 30.7 Å². The molecule has 1 unspecified atom stereocenters. The quantitative estimate of drug-likeness (QED) is 0.729. The Labute approximate surface area is 108 Å². The average molecular weight is 258 g/mol. The molecule has 0 bridgehead atoms. The molecule has 0 spiro atoms. The largest absolute Gasteiger partial charge is 0.494 e. The molecule has 17 heavy (non-hydrogen) atoms. The number of hydrogen-bond donors (Lipinski definition) is 1. The summed E-state index contributed by atoms with van der Waals surface area (Å²) in [5.41, 5.74) is 5.72. The van der Waals surface area contributed by atoms with E-state index in [-0.39, 0.29) is 6.04 Å². The van der Waals surface area contributed by atoms with Crippen LogP contribution in [0.2, 0.25) is 5.02 Å². The highest BCUT2D eigenvalue weighted by Gasteiger charge is 1.98. The van der Waals surface area contributed by atoms with E-state index < -0.39 is 0 Å². The van der Waals surface area contributed by atoms with Crippen molar-refractivity contribution in [3.05, 3.63) is 29.3 Å². The zero-order valence-corrected chi connectivity index (χ0v) is 11.0. The van der Waals surface area contributed by atoms with E-state index in [4.69, 9.17) is 26.8 Å². The lowest BCUT2D eigenvalue weighted by Gasteiger charge is -2.10. The van der Waals surface area contributed by atoms with Crippen molar-refractivity contribution in [1.82, 2.24) is 0 Å². The van der Waals surface area contributed by atoms with Crippen LogP contribution in [0.4, 0.5) is 0 Å². The predicted octanol–water partition coefficient (Wildman–Crippen LogP) is 2.86. The van der Waals surface area contributed by atoms with Gasteiger partial charge < -0.3 is 15.2 Å². The summed E-state index contributed by atoms with van der Waals surface area (Å²) in [6, 6.07) is 7.49. The van der Waals surface area contributed by atoms with Crippen molar-refractivity contribution in [2.24, 2.45) is 5.73 Å². The Morgan fingerprint density at radius 2 is 1.94 bits per heavy atom. The minimum absolute atomic E-state index is 0.146. The molecule has 0 radical (unpaired) electrons. The molecule has 4 heteroatoms. The molecule has 1 rings (SSSR count). The Morgan fingerprint density at radius 3 is 2.59 bits per heavy atom. The second kappa shape index (κ2) is 8.34. The fraction of sp³-hybridized carbons (Fsp3) is 0.538. The van der Waals surface area contributed by atoms with Crippen LogP contribution in [-0.4, -0.2) is 25.9 Å². The molecule has 1 aromatic carbocycles. The molecule has 0 fully saturated rings. The third-order valence-electron chi connectivity index (χ3n) is 2.37. The minimum Gasteiger partial charge on any atom is -0.494 e. The molecule has 0 heterocycles.